The van der Waals surface area contributed by atoms with E-state index in [0.29, 0.717) is 17.1 Å². The van der Waals surface area contributed by atoms with E-state index in [4.69, 9.17) is 9.47 Å². The van der Waals surface area contributed by atoms with Gasteiger partial charge in [-0.25, -0.2) is 0 Å². The lowest BCUT2D eigenvalue weighted by Crippen LogP contribution is -2.06. The van der Waals surface area contributed by atoms with E-state index in [1.807, 2.05) is 13.8 Å². The first-order valence-corrected chi connectivity index (χ1v) is 4.40. The fourth-order valence-corrected chi connectivity index (χ4v) is 1.08. The fraction of sp³-hybridized carbons (Fsp3) is 0.364. The number of hydrogen-bond donors (Lipinski definition) is 0. The maximum atomic E-state index is 10.4. The molecule has 1 radical (unpaired) electrons. The summed E-state index contributed by atoms with van der Waals surface area (Å²) in [6.45, 7) is 3.86. The summed E-state index contributed by atoms with van der Waals surface area (Å²) in [6, 6.07) is 4.96. The third-order valence-electron chi connectivity index (χ3n) is 1.64. The van der Waals surface area contributed by atoms with Gasteiger partial charge in [0.2, 0.25) is 6.29 Å². The van der Waals surface area contributed by atoms with Gasteiger partial charge in [-0.3, -0.25) is 4.79 Å². The highest BCUT2D eigenvalue weighted by atomic mass is 16.5. The summed E-state index contributed by atoms with van der Waals surface area (Å²) >= 11 is 0. The van der Waals surface area contributed by atoms with Crippen molar-refractivity contribution in [1.29, 1.82) is 0 Å². The summed E-state index contributed by atoms with van der Waals surface area (Å²) in [5.41, 5.74) is 0.456. The van der Waals surface area contributed by atoms with Crippen LogP contribution < -0.4 is 9.47 Å². The molecule has 3 heteroatoms. The number of rotatable bonds is 4. The molecule has 0 spiro atoms. The van der Waals surface area contributed by atoms with Gasteiger partial charge in [0.05, 0.1) is 13.2 Å². The second kappa shape index (κ2) is 4.65. The highest BCUT2D eigenvalue weighted by Gasteiger charge is 2.06. The minimum Gasteiger partial charge on any atom is -0.493 e. The topological polar surface area (TPSA) is 35.5 Å². The summed E-state index contributed by atoms with van der Waals surface area (Å²) in [6.07, 6.45) is 1.88. The second-order valence-electron chi connectivity index (χ2n) is 3.13. The highest BCUT2D eigenvalue weighted by molar-refractivity contribution is 5.76. The first-order valence-electron chi connectivity index (χ1n) is 4.40. The molecule has 0 aliphatic heterocycles. The Morgan fingerprint density at radius 3 is 2.50 bits per heavy atom. The van der Waals surface area contributed by atoms with Crippen LogP contribution in [-0.4, -0.2) is 19.5 Å². The predicted octanol–water partition coefficient (Wildman–Crippen LogP) is 1.94. The Morgan fingerprint density at radius 1 is 1.29 bits per heavy atom. The molecule has 0 aliphatic rings. The lowest BCUT2D eigenvalue weighted by Gasteiger charge is -2.13. The Balaban J connectivity index is 2.98. The zero-order valence-electron chi connectivity index (χ0n) is 8.53. The molecule has 0 amide bonds. The number of benzene rings is 1. The molecular weight excluding hydrogens is 180 g/mol. The van der Waals surface area contributed by atoms with Crippen molar-refractivity contribution in [3.63, 3.8) is 0 Å². The van der Waals surface area contributed by atoms with E-state index >= 15 is 0 Å². The van der Waals surface area contributed by atoms with Crippen LogP contribution >= 0.6 is 0 Å². The van der Waals surface area contributed by atoms with Gasteiger partial charge >= 0.3 is 0 Å². The molecule has 1 aromatic carbocycles. The Kier molecular flexibility index (Phi) is 3.51. The quantitative estimate of drug-likeness (QED) is 0.733. The molecule has 3 nitrogen and oxygen atoms in total. The number of carbonyl (C=O) groups excluding carboxylic acids is 1. The molecule has 0 atom stereocenters. The Morgan fingerprint density at radius 2 is 2.00 bits per heavy atom. The third kappa shape index (κ3) is 2.49. The van der Waals surface area contributed by atoms with E-state index in [1.165, 1.54) is 7.11 Å². The molecule has 1 aromatic rings. The van der Waals surface area contributed by atoms with Crippen LogP contribution in [0.15, 0.2) is 18.2 Å². The SMILES string of the molecule is COc1cc([C]=O)ccc1OC(C)C. The van der Waals surface area contributed by atoms with Crippen molar-refractivity contribution in [3.8, 4) is 11.5 Å². The van der Waals surface area contributed by atoms with E-state index in [2.05, 4.69) is 0 Å². The lowest BCUT2D eigenvalue weighted by atomic mass is 10.2. The van der Waals surface area contributed by atoms with Gasteiger partial charge in [0.1, 0.15) is 0 Å². The molecule has 0 aliphatic carbocycles. The van der Waals surface area contributed by atoms with Crippen LogP contribution in [0.3, 0.4) is 0 Å². The van der Waals surface area contributed by atoms with Gasteiger partial charge in [0.15, 0.2) is 11.5 Å². The maximum Gasteiger partial charge on any atom is 0.233 e. The number of ether oxygens (including phenoxy) is 2. The van der Waals surface area contributed by atoms with Crippen LogP contribution in [-0.2, 0) is 4.79 Å². The summed E-state index contributed by atoms with van der Waals surface area (Å²) in [5, 5.41) is 0. The molecule has 14 heavy (non-hydrogen) atoms. The number of methoxy groups -OCH3 is 1. The van der Waals surface area contributed by atoms with Crippen LogP contribution in [0.2, 0.25) is 0 Å². The minimum absolute atomic E-state index is 0.0787. The number of hydrogen-bond acceptors (Lipinski definition) is 3. The first kappa shape index (κ1) is 10.6. The van der Waals surface area contributed by atoms with E-state index in [-0.39, 0.29) is 6.10 Å². The molecule has 0 N–H and O–H groups in total. The first-order chi connectivity index (χ1) is 6.67. The van der Waals surface area contributed by atoms with Crippen LogP contribution in [0.5, 0.6) is 11.5 Å². The smallest absolute Gasteiger partial charge is 0.233 e. The Hall–Kier alpha value is -1.51. The zero-order valence-corrected chi connectivity index (χ0v) is 8.53. The minimum atomic E-state index is 0.0787. The second-order valence-corrected chi connectivity index (χ2v) is 3.13. The summed E-state index contributed by atoms with van der Waals surface area (Å²) in [4.78, 5) is 10.4. The zero-order chi connectivity index (χ0) is 10.6. The molecule has 1 rings (SSSR count). The standard InChI is InChI=1S/C11H13O3/c1-8(2)14-10-5-4-9(7-12)6-11(10)13-3/h4-6,8H,1-3H3. The van der Waals surface area contributed by atoms with E-state index < -0.39 is 0 Å². The predicted molar refractivity (Wildman–Crippen MR) is 53.6 cm³/mol. The van der Waals surface area contributed by atoms with Crippen LogP contribution in [0.4, 0.5) is 0 Å². The third-order valence-corrected chi connectivity index (χ3v) is 1.64. The summed E-state index contributed by atoms with van der Waals surface area (Å²) in [5.74, 6) is 1.20. The highest BCUT2D eigenvalue weighted by Crippen LogP contribution is 2.28. The molecule has 0 saturated heterocycles. The van der Waals surface area contributed by atoms with Gasteiger partial charge in [-0.05, 0) is 32.0 Å². The molecule has 0 bridgehead atoms. The van der Waals surface area contributed by atoms with Crippen molar-refractivity contribution < 1.29 is 14.3 Å². The summed E-state index contributed by atoms with van der Waals surface area (Å²) in [7, 11) is 1.54. The van der Waals surface area contributed by atoms with Gasteiger partial charge in [0, 0.05) is 5.56 Å². The van der Waals surface area contributed by atoms with Gasteiger partial charge in [-0.15, -0.1) is 0 Å². The molecule has 0 heterocycles. The normalized spacial score (nSPS) is 10.0. The van der Waals surface area contributed by atoms with Crippen molar-refractivity contribution in [2.24, 2.45) is 0 Å². The van der Waals surface area contributed by atoms with E-state index in [1.54, 1.807) is 24.5 Å². The largest absolute Gasteiger partial charge is 0.493 e. The molecule has 75 valence electrons. The average molecular weight is 193 g/mol. The van der Waals surface area contributed by atoms with E-state index in [9.17, 15) is 4.79 Å². The van der Waals surface area contributed by atoms with Gasteiger partial charge in [-0.2, -0.15) is 0 Å². The van der Waals surface area contributed by atoms with Crippen LogP contribution in [0.25, 0.3) is 0 Å². The average Bonchev–Trinajstić information content (AvgIpc) is 2.17. The van der Waals surface area contributed by atoms with Crippen molar-refractivity contribution >= 4 is 6.29 Å². The van der Waals surface area contributed by atoms with E-state index in [0.717, 1.165) is 0 Å². The fourth-order valence-electron chi connectivity index (χ4n) is 1.08. The van der Waals surface area contributed by atoms with Gasteiger partial charge < -0.3 is 9.47 Å². The Bertz CT molecular complexity index is 318. The lowest BCUT2D eigenvalue weighted by molar-refractivity contribution is 0.230. The van der Waals surface area contributed by atoms with Crippen LogP contribution in [0, 0.1) is 0 Å². The summed E-state index contributed by atoms with van der Waals surface area (Å²) < 4.78 is 10.6. The molecule has 0 fully saturated rings. The monoisotopic (exact) mass is 193 g/mol. The molecule has 0 saturated carbocycles. The molecule has 0 aromatic heterocycles. The van der Waals surface area contributed by atoms with Crippen molar-refractivity contribution in [2.75, 3.05) is 7.11 Å². The Labute approximate surface area is 83.6 Å². The molecule has 0 unspecified atom stereocenters. The van der Waals surface area contributed by atoms with Crippen molar-refractivity contribution in [2.45, 2.75) is 20.0 Å². The van der Waals surface area contributed by atoms with Crippen molar-refractivity contribution in [3.05, 3.63) is 23.8 Å². The van der Waals surface area contributed by atoms with Gasteiger partial charge in [-0.1, -0.05) is 0 Å². The van der Waals surface area contributed by atoms with Gasteiger partial charge in [0.25, 0.3) is 0 Å². The van der Waals surface area contributed by atoms with Crippen molar-refractivity contribution in [1.82, 2.24) is 0 Å². The molecular formula is C11H13O3. The van der Waals surface area contributed by atoms with Crippen LogP contribution in [0.1, 0.15) is 19.4 Å². The maximum absolute atomic E-state index is 10.4.